The predicted octanol–water partition coefficient (Wildman–Crippen LogP) is 1.81. The third-order valence-electron chi connectivity index (χ3n) is 3.57. The summed E-state index contributed by atoms with van der Waals surface area (Å²) in [4.78, 5) is 13.4. The van der Waals surface area contributed by atoms with Crippen LogP contribution in [0.5, 0.6) is 0 Å². The topological polar surface area (TPSA) is 76.3 Å². The summed E-state index contributed by atoms with van der Waals surface area (Å²) in [6, 6.07) is 13.6. The van der Waals surface area contributed by atoms with E-state index in [1.165, 1.54) is 0 Å². The third-order valence-corrected chi connectivity index (χ3v) is 3.57. The van der Waals surface area contributed by atoms with Crippen molar-refractivity contribution in [1.82, 2.24) is 5.10 Å². The Hall–Kier alpha value is -2.82. The van der Waals surface area contributed by atoms with Crippen LogP contribution in [0.15, 0.2) is 42.5 Å². The molecule has 1 aromatic heterocycles. The number of benzene rings is 2. The Morgan fingerprint density at radius 2 is 1.86 bits per heavy atom. The van der Waals surface area contributed by atoms with Crippen LogP contribution in [0.3, 0.4) is 0 Å². The highest BCUT2D eigenvalue weighted by Gasteiger charge is 2.15. The van der Waals surface area contributed by atoms with E-state index >= 15 is 0 Å². The summed E-state index contributed by atoms with van der Waals surface area (Å²) in [6.45, 7) is 0. The van der Waals surface area contributed by atoms with Gasteiger partial charge >= 0.3 is 0 Å². The number of fused-ring (bicyclic) bond motifs is 1. The highest BCUT2D eigenvalue weighted by Crippen LogP contribution is 2.26. The predicted molar refractivity (Wildman–Crippen MR) is 83.1 cm³/mol. The van der Waals surface area contributed by atoms with Gasteiger partial charge in [-0.25, -0.2) is 0 Å². The zero-order valence-corrected chi connectivity index (χ0v) is 12.0. The number of primary amides is 1. The molecule has 0 saturated heterocycles. The second-order valence-corrected chi connectivity index (χ2v) is 5.19. The Kier molecular flexibility index (Phi) is 3.10. The van der Waals surface area contributed by atoms with E-state index < -0.39 is 5.91 Å². The SMILES string of the molecule is CN(C)c1ccc(-c2[nH+][nH]c3ccc(C(N)=O)cc23)cc1. The summed E-state index contributed by atoms with van der Waals surface area (Å²) < 4.78 is 0. The van der Waals surface area contributed by atoms with Gasteiger partial charge in [-0.15, -0.1) is 5.10 Å². The van der Waals surface area contributed by atoms with Crippen molar-refractivity contribution in [3.8, 4) is 11.3 Å². The lowest BCUT2D eigenvalue weighted by atomic mass is 10.0. The molecule has 3 rings (SSSR count). The largest absolute Gasteiger partial charge is 0.378 e. The van der Waals surface area contributed by atoms with E-state index in [-0.39, 0.29) is 0 Å². The summed E-state index contributed by atoms with van der Waals surface area (Å²) in [5.41, 5.74) is 9.92. The minimum atomic E-state index is -0.424. The molecule has 0 aliphatic heterocycles. The quantitative estimate of drug-likeness (QED) is 0.768. The van der Waals surface area contributed by atoms with Gasteiger partial charge in [0.1, 0.15) is 5.52 Å². The van der Waals surface area contributed by atoms with Gasteiger partial charge in [0.05, 0.1) is 5.39 Å². The van der Waals surface area contributed by atoms with Gasteiger partial charge in [0.2, 0.25) is 11.6 Å². The van der Waals surface area contributed by atoms with E-state index in [4.69, 9.17) is 5.73 Å². The van der Waals surface area contributed by atoms with Gasteiger partial charge in [0, 0.05) is 30.9 Å². The number of carbonyl (C=O) groups is 1. The first kappa shape index (κ1) is 13.2. The molecule has 4 N–H and O–H groups in total. The molecule has 1 amide bonds. The van der Waals surface area contributed by atoms with Crippen LogP contribution >= 0.6 is 0 Å². The molecule has 0 unspecified atom stereocenters. The molecule has 21 heavy (non-hydrogen) atoms. The molecule has 0 spiro atoms. The van der Waals surface area contributed by atoms with Crippen molar-refractivity contribution in [2.75, 3.05) is 19.0 Å². The van der Waals surface area contributed by atoms with Crippen LogP contribution in [0.25, 0.3) is 22.2 Å². The second kappa shape index (κ2) is 4.94. The summed E-state index contributed by atoms with van der Waals surface area (Å²) in [6.07, 6.45) is 0. The van der Waals surface area contributed by atoms with E-state index in [9.17, 15) is 4.79 Å². The fraction of sp³-hybridized carbons (Fsp3) is 0.125. The van der Waals surface area contributed by atoms with Crippen molar-refractivity contribution < 1.29 is 9.89 Å². The minimum absolute atomic E-state index is 0.424. The van der Waals surface area contributed by atoms with Crippen molar-refractivity contribution in [2.24, 2.45) is 5.73 Å². The second-order valence-electron chi connectivity index (χ2n) is 5.19. The fourth-order valence-electron chi connectivity index (χ4n) is 2.36. The van der Waals surface area contributed by atoms with Gasteiger partial charge < -0.3 is 10.6 Å². The molecule has 3 aromatic rings. The van der Waals surface area contributed by atoms with E-state index in [0.29, 0.717) is 5.56 Å². The van der Waals surface area contributed by atoms with Crippen LogP contribution in [0.4, 0.5) is 5.69 Å². The highest BCUT2D eigenvalue weighted by atomic mass is 16.1. The highest BCUT2D eigenvalue weighted by molar-refractivity contribution is 6.00. The first-order chi connectivity index (χ1) is 10.1. The van der Waals surface area contributed by atoms with Crippen LogP contribution < -0.4 is 15.7 Å². The zero-order valence-electron chi connectivity index (χ0n) is 12.0. The molecule has 0 radical (unpaired) electrons. The lowest BCUT2D eigenvalue weighted by molar-refractivity contribution is -0.434. The number of anilines is 1. The molecule has 0 atom stereocenters. The zero-order chi connectivity index (χ0) is 15.0. The molecule has 0 aliphatic rings. The smallest absolute Gasteiger partial charge is 0.248 e. The number of aromatic amines is 2. The Balaban J connectivity index is 2.11. The van der Waals surface area contributed by atoms with Gasteiger partial charge in [-0.1, -0.05) is 0 Å². The third kappa shape index (κ3) is 2.33. The molecule has 0 fully saturated rings. The Morgan fingerprint density at radius 3 is 2.48 bits per heavy atom. The number of carbonyl (C=O) groups excluding carboxylic acids is 1. The van der Waals surface area contributed by atoms with E-state index in [0.717, 1.165) is 27.8 Å². The van der Waals surface area contributed by atoms with Crippen LogP contribution in [-0.4, -0.2) is 25.1 Å². The number of H-pyrrole nitrogens is 2. The van der Waals surface area contributed by atoms with E-state index in [2.05, 4.69) is 22.3 Å². The average Bonchev–Trinajstić information content (AvgIpc) is 2.90. The van der Waals surface area contributed by atoms with E-state index in [1.54, 1.807) is 12.1 Å². The van der Waals surface area contributed by atoms with Crippen molar-refractivity contribution in [1.29, 1.82) is 0 Å². The Morgan fingerprint density at radius 1 is 1.14 bits per heavy atom. The molecule has 5 heteroatoms. The maximum atomic E-state index is 11.3. The summed E-state index contributed by atoms with van der Waals surface area (Å²) in [5.74, 6) is -0.424. The molecule has 0 bridgehead atoms. The van der Waals surface area contributed by atoms with Gasteiger partial charge in [-0.3, -0.25) is 4.79 Å². The average molecular weight is 281 g/mol. The van der Waals surface area contributed by atoms with Gasteiger partial charge in [0.25, 0.3) is 0 Å². The van der Waals surface area contributed by atoms with Crippen LogP contribution in [0.1, 0.15) is 10.4 Å². The van der Waals surface area contributed by atoms with Crippen LogP contribution in [-0.2, 0) is 0 Å². The number of nitrogens with zero attached hydrogens (tertiary/aromatic N) is 1. The molecular formula is C16H17N4O+. The number of nitrogens with two attached hydrogens (primary N) is 1. The maximum Gasteiger partial charge on any atom is 0.248 e. The number of hydrogen-bond donors (Lipinski definition) is 2. The molecule has 1 heterocycles. The number of amides is 1. The minimum Gasteiger partial charge on any atom is -0.378 e. The molecule has 2 aromatic carbocycles. The van der Waals surface area contributed by atoms with Crippen LogP contribution in [0.2, 0.25) is 0 Å². The Labute approximate surface area is 122 Å². The molecule has 5 nitrogen and oxygen atoms in total. The summed E-state index contributed by atoms with van der Waals surface area (Å²) >= 11 is 0. The maximum absolute atomic E-state index is 11.3. The van der Waals surface area contributed by atoms with Crippen molar-refractivity contribution in [3.05, 3.63) is 48.0 Å². The van der Waals surface area contributed by atoms with Gasteiger partial charge in [-0.05, 0) is 42.5 Å². The lowest BCUT2D eigenvalue weighted by Crippen LogP contribution is -2.10. The monoisotopic (exact) mass is 281 g/mol. The summed E-state index contributed by atoms with van der Waals surface area (Å²) in [7, 11) is 4.01. The normalized spacial score (nSPS) is 10.8. The number of rotatable bonds is 3. The van der Waals surface area contributed by atoms with Gasteiger partial charge in [-0.2, -0.15) is 5.10 Å². The van der Waals surface area contributed by atoms with Crippen LogP contribution in [0, 0.1) is 0 Å². The molecular weight excluding hydrogens is 264 g/mol. The molecule has 106 valence electrons. The molecule has 0 aliphatic carbocycles. The van der Waals surface area contributed by atoms with Crippen molar-refractivity contribution in [3.63, 3.8) is 0 Å². The lowest BCUT2D eigenvalue weighted by Gasteiger charge is -2.11. The number of hydrogen-bond acceptors (Lipinski definition) is 2. The van der Waals surface area contributed by atoms with Crippen molar-refractivity contribution in [2.45, 2.75) is 0 Å². The number of aromatic nitrogens is 2. The fourth-order valence-corrected chi connectivity index (χ4v) is 2.36. The number of nitrogens with one attached hydrogen (secondary N) is 2. The van der Waals surface area contributed by atoms with E-state index in [1.807, 2.05) is 37.2 Å². The molecule has 0 saturated carbocycles. The van der Waals surface area contributed by atoms with Crippen molar-refractivity contribution >= 4 is 22.5 Å². The van der Waals surface area contributed by atoms with Gasteiger partial charge in [0.15, 0.2) is 0 Å². The summed E-state index contributed by atoms with van der Waals surface area (Å²) in [5, 5.41) is 7.20. The standard InChI is InChI=1S/C16H16N4O/c1-20(2)12-6-3-10(4-7-12)15-13-9-11(16(17)21)5-8-14(13)18-19-15/h3-9H,1-2H3,(H2,17,21)(H,18,19)/p+1. The first-order valence-corrected chi connectivity index (χ1v) is 6.67. The Bertz CT molecular complexity index is 803. The first-order valence-electron chi connectivity index (χ1n) is 6.67.